The second-order valence-electron chi connectivity index (χ2n) is 6.33. The van der Waals surface area contributed by atoms with Gasteiger partial charge in [-0.25, -0.2) is 13.9 Å². The monoisotopic (exact) mass is 343 g/mol. The van der Waals surface area contributed by atoms with E-state index < -0.39 is 5.82 Å². The number of rotatable bonds is 3. The number of aliphatic hydroxyl groups excluding tert-OH is 1. The predicted octanol–water partition coefficient (Wildman–Crippen LogP) is 2.92. The molecule has 0 atom stereocenters. The summed E-state index contributed by atoms with van der Waals surface area (Å²) in [5, 5.41) is 23.7. The summed E-state index contributed by atoms with van der Waals surface area (Å²) >= 11 is 0. The molecule has 2 aromatic heterocycles. The van der Waals surface area contributed by atoms with E-state index in [1.807, 2.05) is 0 Å². The van der Waals surface area contributed by atoms with Crippen LogP contribution in [0.1, 0.15) is 25.7 Å². The van der Waals surface area contributed by atoms with E-state index in [2.05, 4.69) is 10.1 Å². The first-order valence-electron chi connectivity index (χ1n) is 8.28. The van der Waals surface area contributed by atoms with Crippen LogP contribution in [0.15, 0.2) is 36.5 Å². The lowest BCUT2D eigenvalue weighted by Crippen LogP contribution is -2.26. The first-order chi connectivity index (χ1) is 12.1. The predicted molar refractivity (Wildman–Crippen MR) is 88.9 cm³/mol. The van der Waals surface area contributed by atoms with Gasteiger partial charge < -0.3 is 14.9 Å². The number of ether oxygens (including phenoxy) is 1. The summed E-state index contributed by atoms with van der Waals surface area (Å²) in [6.45, 7) is 0. The summed E-state index contributed by atoms with van der Waals surface area (Å²) < 4.78 is 21.1. The van der Waals surface area contributed by atoms with Gasteiger partial charge in [-0.2, -0.15) is 0 Å². The molecule has 0 unspecified atom stereocenters. The van der Waals surface area contributed by atoms with Crippen LogP contribution in [0, 0.1) is 5.82 Å². The van der Waals surface area contributed by atoms with Crippen LogP contribution in [-0.4, -0.2) is 37.0 Å². The number of phenols is 1. The Morgan fingerprint density at radius 3 is 2.68 bits per heavy atom. The van der Waals surface area contributed by atoms with Gasteiger partial charge in [-0.3, -0.25) is 0 Å². The van der Waals surface area contributed by atoms with Gasteiger partial charge >= 0.3 is 0 Å². The molecule has 2 heterocycles. The highest BCUT2D eigenvalue weighted by molar-refractivity contribution is 5.64. The molecule has 1 aromatic carbocycles. The molecule has 0 aliphatic heterocycles. The van der Waals surface area contributed by atoms with Crippen molar-refractivity contribution in [1.29, 1.82) is 0 Å². The van der Waals surface area contributed by atoms with Crippen molar-refractivity contribution in [2.45, 2.75) is 37.9 Å². The van der Waals surface area contributed by atoms with Crippen molar-refractivity contribution in [2.75, 3.05) is 0 Å². The molecule has 3 aromatic rings. The van der Waals surface area contributed by atoms with Crippen molar-refractivity contribution in [1.82, 2.24) is 14.6 Å². The van der Waals surface area contributed by atoms with Gasteiger partial charge in [0.05, 0.1) is 18.0 Å². The second-order valence-corrected chi connectivity index (χ2v) is 6.33. The van der Waals surface area contributed by atoms with Gasteiger partial charge in [0.15, 0.2) is 5.65 Å². The summed E-state index contributed by atoms with van der Waals surface area (Å²) in [5.74, 6) is -0.231. The molecule has 130 valence electrons. The van der Waals surface area contributed by atoms with Gasteiger partial charge in [-0.1, -0.05) is 0 Å². The van der Waals surface area contributed by atoms with E-state index in [0.29, 0.717) is 22.8 Å². The molecule has 4 rings (SSSR count). The fraction of sp³-hybridized carbons (Fsp3) is 0.333. The minimum Gasteiger partial charge on any atom is -0.508 e. The molecule has 0 bridgehead atoms. The highest BCUT2D eigenvalue weighted by Gasteiger charge is 2.21. The smallest absolute Gasteiger partial charge is 0.232 e. The average Bonchev–Trinajstić information content (AvgIpc) is 2.99. The van der Waals surface area contributed by atoms with Crippen LogP contribution >= 0.6 is 0 Å². The SMILES string of the molecule is Oc1cc(F)cc(-c2cnc3ccc(O[C@H]4CC[C@H](O)CC4)nn23)c1. The number of aromatic nitrogens is 3. The molecule has 7 heteroatoms. The van der Waals surface area contributed by atoms with Crippen LogP contribution in [-0.2, 0) is 0 Å². The third kappa shape index (κ3) is 3.28. The minimum absolute atomic E-state index is 0.0264. The Kier molecular flexibility index (Phi) is 4.01. The number of imidazole rings is 1. The maximum absolute atomic E-state index is 13.6. The Balaban J connectivity index is 1.65. The quantitative estimate of drug-likeness (QED) is 0.764. The largest absolute Gasteiger partial charge is 0.508 e. The van der Waals surface area contributed by atoms with E-state index in [4.69, 9.17) is 4.74 Å². The lowest BCUT2D eigenvalue weighted by Gasteiger charge is -2.25. The topological polar surface area (TPSA) is 79.9 Å². The molecule has 0 radical (unpaired) electrons. The Hall–Kier alpha value is -2.67. The number of fused-ring (bicyclic) bond motifs is 1. The molecule has 1 aliphatic rings. The van der Waals surface area contributed by atoms with Gasteiger partial charge in [0.1, 0.15) is 17.7 Å². The Labute approximate surface area is 143 Å². The minimum atomic E-state index is -0.530. The zero-order chi connectivity index (χ0) is 17.4. The molecule has 6 nitrogen and oxygen atoms in total. The van der Waals surface area contributed by atoms with Gasteiger partial charge in [0.2, 0.25) is 5.88 Å². The summed E-state index contributed by atoms with van der Waals surface area (Å²) in [6.07, 6.45) is 4.40. The molecular weight excluding hydrogens is 325 g/mol. The zero-order valence-corrected chi connectivity index (χ0v) is 13.5. The maximum atomic E-state index is 13.6. The molecule has 1 fully saturated rings. The Morgan fingerprint density at radius 2 is 1.92 bits per heavy atom. The van der Waals surface area contributed by atoms with Crippen LogP contribution in [0.2, 0.25) is 0 Å². The number of aliphatic hydroxyl groups is 1. The molecule has 0 amide bonds. The fourth-order valence-corrected chi connectivity index (χ4v) is 3.17. The zero-order valence-electron chi connectivity index (χ0n) is 13.5. The van der Waals surface area contributed by atoms with E-state index in [1.165, 1.54) is 12.1 Å². The maximum Gasteiger partial charge on any atom is 0.232 e. The highest BCUT2D eigenvalue weighted by Crippen LogP contribution is 2.27. The molecule has 1 saturated carbocycles. The molecule has 0 saturated heterocycles. The molecule has 25 heavy (non-hydrogen) atoms. The number of nitrogens with zero attached hydrogens (tertiary/aromatic N) is 3. The normalized spacial score (nSPS) is 20.7. The summed E-state index contributed by atoms with van der Waals surface area (Å²) in [5.41, 5.74) is 1.65. The lowest BCUT2D eigenvalue weighted by molar-refractivity contribution is 0.0637. The standard InChI is InChI=1S/C18H18FN3O3/c19-12-7-11(8-14(24)9-12)16-10-20-17-5-6-18(21-22(16)17)25-15-3-1-13(23)2-4-15/h5-10,13,15,23-24H,1-4H2/t13-,15-. The number of aromatic hydroxyl groups is 1. The van der Waals surface area contributed by atoms with E-state index in [9.17, 15) is 14.6 Å². The van der Waals surface area contributed by atoms with Gasteiger partial charge in [0.25, 0.3) is 0 Å². The van der Waals surface area contributed by atoms with E-state index in [0.717, 1.165) is 31.7 Å². The summed E-state index contributed by atoms with van der Waals surface area (Å²) in [6, 6.07) is 7.36. The first-order valence-corrected chi connectivity index (χ1v) is 8.28. The van der Waals surface area contributed by atoms with Gasteiger partial charge in [-0.05, 0) is 43.9 Å². The number of hydrogen-bond acceptors (Lipinski definition) is 5. The van der Waals surface area contributed by atoms with Crippen molar-refractivity contribution in [3.8, 4) is 22.9 Å². The van der Waals surface area contributed by atoms with Crippen LogP contribution in [0.3, 0.4) is 0 Å². The van der Waals surface area contributed by atoms with Crippen molar-refractivity contribution in [3.63, 3.8) is 0 Å². The number of halogens is 1. The van der Waals surface area contributed by atoms with Crippen molar-refractivity contribution in [2.24, 2.45) is 0 Å². The van der Waals surface area contributed by atoms with Gasteiger partial charge in [-0.15, -0.1) is 5.10 Å². The second kappa shape index (κ2) is 6.33. The Morgan fingerprint density at radius 1 is 1.12 bits per heavy atom. The van der Waals surface area contributed by atoms with Crippen molar-refractivity contribution >= 4 is 5.65 Å². The van der Waals surface area contributed by atoms with Crippen molar-refractivity contribution in [3.05, 3.63) is 42.3 Å². The van der Waals surface area contributed by atoms with E-state index in [-0.39, 0.29) is 18.0 Å². The fourth-order valence-electron chi connectivity index (χ4n) is 3.17. The third-order valence-electron chi connectivity index (χ3n) is 4.45. The Bertz CT molecular complexity index is 883. The molecule has 1 aliphatic carbocycles. The molecule has 2 N–H and O–H groups in total. The van der Waals surface area contributed by atoms with Crippen molar-refractivity contribution < 1.29 is 19.3 Å². The van der Waals surface area contributed by atoms with Crippen LogP contribution in [0.5, 0.6) is 11.6 Å². The third-order valence-corrected chi connectivity index (χ3v) is 4.45. The molecule has 0 spiro atoms. The van der Waals surface area contributed by atoms with Crippen LogP contribution < -0.4 is 4.74 Å². The number of hydrogen-bond donors (Lipinski definition) is 2. The summed E-state index contributed by atoms with van der Waals surface area (Å²) in [4.78, 5) is 4.26. The van der Waals surface area contributed by atoms with E-state index >= 15 is 0 Å². The van der Waals surface area contributed by atoms with Crippen LogP contribution in [0.4, 0.5) is 4.39 Å². The van der Waals surface area contributed by atoms with Gasteiger partial charge in [0, 0.05) is 17.7 Å². The van der Waals surface area contributed by atoms with Crippen LogP contribution in [0.25, 0.3) is 16.9 Å². The number of phenolic OH excluding ortho intramolecular Hbond substituents is 1. The highest BCUT2D eigenvalue weighted by atomic mass is 19.1. The molecular formula is C18H18FN3O3. The average molecular weight is 343 g/mol. The lowest BCUT2D eigenvalue weighted by atomic mass is 9.95. The first kappa shape index (κ1) is 15.8. The van der Waals surface area contributed by atoms with E-state index in [1.54, 1.807) is 22.8 Å². The number of benzene rings is 1. The summed E-state index contributed by atoms with van der Waals surface area (Å²) in [7, 11) is 0.